The lowest BCUT2D eigenvalue weighted by atomic mass is 10.1. The third-order valence-electron chi connectivity index (χ3n) is 4.80. The van der Waals surface area contributed by atoms with Gasteiger partial charge in [-0.25, -0.2) is 4.39 Å². The van der Waals surface area contributed by atoms with E-state index >= 15 is 0 Å². The zero-order valence-corrected chi connectivity index (χ0v) is 13.4. The number of aliphatic hydroxyl groups is 1. The molecule has 0 bridgehead atoms. The second-order valence-electron chi connectivity index (χ2n) is 6.29. The van der Waals surface area contributed by atoms with Crippen LogP contribution in [-0.2, 0) is 0 Å². The molecular weight excluding hydrogens is 299 g/mol. The van der Waals surface area contributed by atoms with E-state index < -0.39 is 11.9 Å². The Morgan fingerprint density at radius 2 is 2.00 bits per heavy atom. The first-order chi connectivity index (χ1) is 11.1. The number of ether oxygens (including phenoxy) is 1. The minimum absolute atomic E-state index is 0.00148. The van der Waals surface area contributed by atoms with Crippen molar-refractivity contribution in [3.63, 3.8) is 0 Å². The van der Waals surface area contributed by atoms with Crippen molar-refractivity contribution in [1.82, 2.24) is 9.80 Å². The van der Waals surface area contributed by atoms with Crippen LogP contribution in [0.1, 0.15) is 29.6 Å². The topological polar surface area (TPSA) is 53.0 Å². The first-order valence-electron chi connectivity index (χ1n) is 8.15. The van der Waals surface area contributed by atoms with Gasteiger partial charge in [-0.3, -0.25) is 9.69 Å². The van der Waals surface area contributed by atoms with Crippen LogP contribution >= 0.6 is 0 Å². The molecule has 1 N–H and O–H groups in total. The average Bonchev–Trinajstić information content (AvgIpc) is 2.97. The fraction of sp³-hybridized carbons (Fsp3) is 0.588. The molecule has 2 heterocycles. The SMILES string of the molecule is COc1cc(C(=O)N2CC(O)C(N3CCCCC3)C2)ccc1F. The van der Waals surface area contributed by atoms with Crippen molar-refractivity contribution in [3.05, 3.63) is 29.6 Å². The third kappa shape index (κ3) is 3.33. The van der Waals surface area contributed by atoms with Gasteiger partial charge in [0, 0.05) is 18.7 Å². The van der Waals surface area contributed by atoms with Crippen LogP contribution in [0.3, 0.4) is 0 Å². The molecule has 2 aliphatic heterocycles. The van der Waals surface area contributed by atoms with Crippen LogP contribution in [0.25, 0.3) is 0 Å². The maximum atomic E-state index is 13.5. The summed E-state index contributed by atoms with van der Waals surface area (Å²) in [5.41, 5.74) is 0.384. The molecule has 0 saturated carbocycles. The number of carbonyl (C=O) groups is 1. The fourth-order valence-electron chi connectivity index (χ4n) is 3.52. The van der Waals surface area contributed by atoms with Crippen molar-refractivity contribution < 1.29 is 19.0 Å². The Morgan fingerprint density at radius 3 is 2.70 bits per heavy atom. The van der Waals surface area contributed by atoms with Crippen molar-refractivity contribution >= 4 is 5.91 Å². The number of aliphatic hydroxyl groups excluding tert-OH is 1. The van der Waals surface area contributed by atoms with E-state index in [1.165, 1.54) is 31.7 Å². The van der Waals surface area contributed by atoms with Gasteiger partial charge in [-0.15, -0.1) is 0 Å². The number of piperidine rings is 1. The first kappa shape index (κ1) is 16.2. The van der Waals surface area contributed by atoms with Gasteiger partial charge < -0.3 is 14.7 Å². The van der Waals surface area contributed by atoms with E-state index in [-0.39, 0.29) is 17.7 Å². The lowest BCUT2D eigenvalue weighted by molar-refractivity contribution is 0.0702. The molecule has 2 unspecified atom stereocenters. The smallest absolute Gasteiger partial charge is 0.254 e. The van der Waals surface area contributed by atoms with Gasteiger partial charge in [0.25, 0.3) is 5.91 Å². The van der Waals surface area contributed by atoms with Crippen molar-refractivity contribution in [3.8, 4) is 5.75 Å². The highest BCUT2D eigenvalue weighted by Gasteiger charge is 2.38. The number of benzene rings is 1. The number of halogens is 1. The second kappa shape index (κ2) is 6.84. The molecule has 0 radical (unpaired) electrons. The monoisotopic (exact) mass is 322 g/mol. The van der Waals surface area contributed by atoms with Crippen LogP contribution in [0.5, 0.6) is 5.75 Å². The number of hydrogen-bond donors (Lipinski definition) is 1. The summed E-state index contributed by atoms with van der Waals surface area (Å²) in [5, 5.41) is 10.3. The molecule has 2 aliphatic rings. The molecule has 2 fully saturated rings. The van der Waals surface area contributed by atoms with Crippen LogP contribution in [0, 0.1) is 5.82 Å². The summed E-state index contributed by atoms with van der Waals surface area (Å²) >= 11 is 0. The highest BCUT2D eigenvalue weighted by molar-refractivity contribution is 5.95. The van der Waals surface area contributed by atoms with Gasteiger partial charge in [0.1, 0.15) is 0 Å². The quantitative estimate of drug-likeness (QED) is 0.916. The van der Waals surface area contributed by atoms with Gasteiger partial charge in [0.2, 0.25) is 0 Å². The lowest BCUT2D eigenvalue weighted by Gasteiger charge is -2.33. The Hall–Kier alpha value is -1.66. The molecule has 1 aromatic carbocycles. The zero-order chi connectivity index (χ0) is 16.4. The van der Waals surface area contributed by atoms with Gasteiger partial charge in [-0.1, -0.05) is 6.42 Å². The Labute approximate surface area is 135 Å². The molecule has 0 spiro atoms. The third-order valence-corrected chi connectivity index (χ3v) is 4.80. The molecule has 126 valence electrons. The highest BCUT2D eigenvalue weighted by Crippen LogP contribution is 2.24. The summed E-state index contributed by atoms with van der Waals surface area (Å²) in [6.07, 6.45) is 3.00. The number of β-amino-alcohol motifs (C(OH)–C–C–N with tert-alkyl or cyclic N) is 1. The molecule has 23 heavy (non-hydrogen) atoms. The van der Waals surface area contributed by atoms with E-state index in [0.717, 1.165) is 25.9 Å². The normalized spacial score (nSPS) is 25.6. The zero-order valence-electron chi connectivity index (χ0n) is 13.4. The molecule has 0 aliphatic carbocycles. The molecular formula is C17H23FN2O3. The summed E-state index contributed by atoms with van der Waals surface area (Å²) in [7, 11) is 1.37. The van der Waals surface area contributed by atoms with Gasteiger partial charge >= 0.3 is 0 Å². The Morgan fingerprint density at radius 1 is 1.26 bits per heavy atom. The van der Waals surface area contributed by atoms with Crippen LogP contribution in [0.4, 0.5) is 4.39 Å². The molecule has 5 nitrogen and oxygen atoms in total. The van der Waals surface area contributed by atoms with Crippen molar-refractivity contribution in [2.75, 3.05) is 33.3 Å². The van der Waals surface area contributed by atoms with Crippen molar-refractivity contribution in [2.24, 2.45) is 0 Å². The standard InChI is InChI=1S/C17H23FN2O3/c1-23-16-9-12(5-6-13(16)18)17(22)20-10-14(15(21)11-20)19-7-3-2-4-8-19/h5-6,9,14-15,21H,2-4,7-8,10-11H2,1H3. The number of nitrogens with zero attached hydrogens (tertiary/aromatic N) is 2. The summed E-state index contributed by atoms with van der Waals surface area (Å²) in [4.78, 5) is 16.6. The summed E-state index contributed by atoms with van der Waals surface area (Å²) < 4.78 is 18.4. The number of likely N-dealkylation sites (tertiary alicyclic amines) is 2. The van der Waals surface area contributed by atoms with Crippen LogP contribution in [-0.4, -0.2) is 66.2 Å². The van der Waals surface area contributed by atoms with Gasteiger partial charge in [0.15, 0.2) is 11.6 Å². The predicted molar refractivity (Wildman–Crippen MR) is 84.1 cm³/mol. The van der Waals surface area contributed by atoms with Gasteiger partial charge in [-0.2, -0.15) is 0 Å². The molecule has 1 aromatic rings. The number of carbonyl (C=O) groups excluding carboxylic acids is 1. The number of methoxy groups -OCH3 is 1. The highest BCUT2D eigenvalue weighted by atomic mass is 19.1. The molecule has 6 heteroatoms. The van der Waals surface area contributed by atoms with E-state index in [9.17, 15) is 14.3 Å². The van der Waals surface area contributed by atoms with E-state index in [2.05, 4.69) is 4.90 Å². The molecule has 0 aromatic heterocycles. The van der Waals surface area contributed by atoms with Crippen LogP contribution in [0.2, 0.25) is 0 Å². The second-order valence-corrected chi connectivity index (χ2v) is 6.29. The van der Waals surface area contributed by atoms with E-state index in [1.807, 2.05) is 0 Å². The summed E-state index contributed by atoms with van der Waals surface area (Å²) in [6, 6.07) is 4.11. The average molecular weight is 322 g/mol. The van der Waals surface area contributed by atoms with Gasteiger partial charge in [0.05, 0.1) is 19.3 Å². The number of rotatable bonds is 3. The fourth-order valence-corrected chi connectivity index (χ4v) is 3.52. The summed E-state index contributed by atoms with van der Waals surface area (Å²) in [5.74, 6) is -0.623. The maximum Gasteiger partial charge on any atom is 0.254 e. The lowest BCUT2D eigenvalue weighted by Crippen LogP contribution is -2.46. The summed E-state index contributed by atoms with van der Waals surface area (Å²) in [6.45, 7) is 2.79. The van der Waals surface area contributed by atoms with E-state index in [1.54, 1.807) is 4.90 Å². The van der Waals surface area contributed by atoms with Crippen LogP contribution < -0.4 is 4.74 Å². The Kier molecular flexibility index (Phi) is 4.82. The molecule has 1 amide bonds. The van der Waals surface area contributed by atoms with Crippen molar-refractivity contribution in [1.29, 1.82) is 0 Å². The number of hydrogen-bond acceptors (Lipinski definition) is 4. The Bertz CT molecular complexity index is 575. The molecule has 2 saturated heterocycles. The van der Waals surface area contributed by atoms with Crippen LogP contribution in [0.15, 0.2) is 18.2 Å². The Balaban J connectivity index is 1.71. The maximum absolute atomic E-state index is 13.5. The number of amides is 1. The molecule has 3 rings (SSSR count). The largest absolute Gasteiger partial charge is 0.494 e. The minimum Gasteiger partial charge on any atom is -0.494 e. The van der Waals surface area contributed by atoms with Gasteiger partial charge in [-0.05, 0) is 44.1 Å². The molecule has 2 atom stereocenters. The first-order valence-corrected chi connectivity index (χ1v) is 8.15. The van der Waals surface area contributed by atoms with Crippen molar-refractivity contribution in [2.45, 2.75) is 31.4 Å². The minimum atomic E-state index is -0.528. The van der Waals surface area contributed by atoms with E-state index in [0.29, 0.717) is 18.7 Å². The van der Waals surface area contributed by atoms with E-state index in [4.69, 9.17) is 4.74 Å². The predicted octanol–water partition coefficient (Wildman–Crippen LogP) is 1.51.